The number of hydrogen-bond acceptors (Lipinski definition) is 3. The van der Waals surface area contributed by atoms with Gasteiger partial charge in [-0.05, 0) is 39.2 Å². The zero-order valence-corrected chi connectivity index (χ0v) is 13.3. The van der Waals surface area contributed by atoms with Gasteiger partial charge in [-0.15, -0.1) is 0 Å². The summed E-state index contributed by atoms with van der Waals surface area (Å²) in [5.74, 6) is -0.279. The first-order valence-electron chi connectivity index (χ1n) is 7.03. The summed E-state index contributed by atoms with van der Waals surface area (Å²) in [7, 11) is 4.06. The predicted octanol–water partition coefficient (Wildman–Crippen LogP) is 2.75. The highest BCUT2D eigenvalue weighted by Crippen LogP contribution is 2.25. The molecule has 114 valence electrons. The lowest BCUT2D eigenvalue weighted by Crippen LogP contribution is -2.39. The topological polar surface area (TPSA) is 32.5 Å². The van der Waals surface area contributed by atoms with Crippen molar-refractivity contribution in [2.45, 2.75) is 19.4 Å². The van der Waals surface area contributed by atoms with Crippen LogP contribution in [0.25, 0.3) is 0 Å². The van der Waals surface area contributed by atoms with E-state index < -0.39 is 0 Å². The minimum Gasteiger partial charge on any atom is -0.329 e. The molecular formula is C15H25ClFN3. The smallest absolute Gasteiger partial charge is 0.129 e. The zero-order chi connectivity index (χ0) is 15.1. The Kier molecular flexibility index (Phi) is 7.45. The van der Waals surface area contributed by atoms with Crippen molar-refractivity contribution in [1.82, 2.24) is 9.80 Å². The van der Waals surface area contributed by atoms with Gasteiger partial charge in [0.15, 0.2) is 0 Å². The summed E-state index contributed by atoms with van der Waals surface area (Å²) in [6.45, 7) is 5.20. The second-order valence-electron chi connectivity index (χ2n) is 5.26. The first-order chi connectivity index (χ1) is 9.49. The van der Waals surface area contributed by atoms with E-state index in [2.05, 4.69) is 16.7 Å². The standard InChI is InChI=1S/C15H25ClFN3/c1-4-7-20(9-8-19(2)3)15(11-18)13-6-5-12(16)10-14(13)17/h5-6,10,15H,4,7-9,11,18H2,1-3H3. The monoisotopic (exact) mass is 301 g/mol. The van der Waals surface area contributed by atoms with Crippen molar-refractivity contribution < 1.29 is 4.39 Å². The summed E-state index contributed by atoms with van der Waals surface area (Å²) in [6, 6.07) is 4.72. The Morgan fingerprint density at radius 1 is 1.25 bits per heavy atom. The van der Waals surface area contributed by atoms with Crippen LogP contribution in [0.2, 0.25) is 5.02 Å². The Morgan fingerprint density at radius 3 is 2.45 bits per heavy atom. The van der Waals surface area contributed by atoms with Crippen LogP contribution in [0.3, 0.4) is 0 Å². The van der Waals surface area contributed by atoms with Gasteiger partial charge in [-0.3, -0.25) is 4.90 Å². The summed E-state index contributed by atoms with van der Waals surface area (Å²) in [5.41, 5.74) is 6.52. The van der Waals surface area contributed by atoms with E-state index in [1.165, 1.54) is 6.07 Å². The van der Waals surface area contributed by atoms with Crippen molar-refractivity contribution in [3.63, 3.8) is 0 Å². The molecule has 3 nitrogen and oxygen atoms in total. The zero-order valence-electron chi connectivity index (χ0n) is 12.6. The molecule has 0 fully saturated rings. The van der Waals surface area contributed by atoms with Crippen LogP contribution in [0, 0.1) is 5.82 Å². The first-order valence-corrected chi connectivity index (χ1v) is 7.41. The molecule has 0 aliphatic rings. The van der Waals surface area contributed by atoms with Crippen molar-refractivity contribution in [3.05, 3.63) is 34.6 Å². The number of hydrogen-bond donors (Lipinski definition) is 1. The molecule has 0 saturated heterocycles. The highest BCUT2D eigenvalue weighted by molar-refractivity contribution is 6.30. The van der Waals surface area contributed by atoms with Crippen LogP contribution < -0.4 is 5.73 Å². The Balaban J connectivity index is 2.93. The third-order valence-electron chi connectivity index (χ3n) is 3.33. The molecule has 0 bridgehead atoms. The quantitative estimate of drug-likeness (QED) is 0.801. The van der Waals surface area contributed by atoms with Gasteiger partial charge in [0.25, 0.3) is 0 Å². The molecule has 0 radical (unpaired) electrons. The second-order valence-corrected chi connectivity index (χ2v) is 5.69. The Morgan fingerprint density at radius 2 is 1.95 bits per heavy atom. The summed E-state index contributed by atoms with van der Waals surface area (Å²) in [6.07, 6.45) is 1.01. The fourth-order valence-electron chi connectivity index (χ4n) is 2.28. The van der Waals surface area contributed by atoms with E-state index in [1.807, 2.05) is 14.1 Å². The number of rotatable bonds is 8. The first kappa shape index (κ1) is 17.4. The van der Waals surface area contributed by atoms with E-state index >= 15 is 0 Å². The number of likely N-dealkylation sites (N-methyl/N-ethyl adjacent to an activating group) is 1. The molecule has 0 saturated carbocycles. The fourth-order valence-corrected chi connectivity index (χ4v) is 2.44. The lowest BCUT2D eigenvalue weighted by molar-refractivity contribution is 0.179. The van der Waals surface area contributed by atoms with Gasteiger partial charge >= 0.3 is 0 Å². The lowest BCUT2D eigenvalue weighted by atomic mass is 10.0. The Labute approximate surface area is 126 Å². The van der Waals surface area contributed by atoms with Gasteiger partial charge in [-0.2, -0.15) is 0 Å². The molecule has 0 aromatic heterocycles. The Bertz CT molecular complexity index is 412. The summed E-state index contributed by atoms with van der Waals surface area (Å²) < 4.78 is 14.1. The summed E-state index contributed by atoms with van der Waals surface area (Å²) in [4.78, 5) is 4.36. The maximum atomic E-state index is 14.1. The predicted molar refractivity (Wildman–Crippen MR) is 83.6 cm³/mol. The number of benzene rings is 1. The van der Waals surface area contributed by atoms with Gasteiger partial charge in [-0.1, -0.05) is 24.6 Å². The van der Waals surface area contributed by atoms with E-state index in [0.717, 1.165) is 26.1 Å². The van der Waals surface area contributed by atoms with Gasteiger partial charge in [0.05, 0.1) is 0 Å². The molecule has 2 N–H and O–H groups in total. The molecule has 1 rings (SSSR count). The molecule has 0 heterocycles. The molecule has 5 heteroatoms. The van der Waals surface area contributed by atoms with Gasteiger partial charge < -0.3 is 10.6 Å². The van der Waals surface area contributed by atoms with Crippen LogP contribution in [0.5, 0.6) is 0 Å². The maximum Gasteiger partial charge on any atom is 0.129 e. The Hall–Kier alpha value is -0.680. The molecular weight excluding hydrogens is 277 g/mol. The minimum atomic E-state index is -0.279. The van der Waals surface area contributed by atoms with Gasteiger partial charge in [0.2, 0.25) is 0 Å². The van der Waals surface area contributed by atoms with Crippen molar-refractivity contribution in [3.8, 4) is 0 Å². The van der Waals surface area contributed by atoms with Crippen molar-refractivity contribution in [2.75, 3.05) is 40.3 Å². The van der Waals surface area contributed by atoms with Crippen LogP contribution in [-0.2, 0) is 0 Å². The van der Waals surface area contributed by atoms with E-state index in [4.69, 9.17) is 17.3 Å². The number of nitrogens with two attached hydrogens (primary N) is 1. The van der Waals surface area contributed by atoms with E-state index in [0.29, 0.717) is 17.1 Å². The molecule has 1 unspecified atom stereocenters. The molecule has 1 aromatic rings. The van der Waals surface area contributed by atoms with Crippen molar-refractivity contribution >= 4 is 11.6 Å². The maximum absolute atomic E-state index is 14.1. The third-order valence-corrected chi connectivity index (χ3v) is 3.57. The highest BCUT2D eigenvalue weighted by atomic mass is 35.5. The lowest BCUT2D eigenvalue weighted by Gasteiger charge is -2.32. The minimum absolute atomic E-state index is 0.104. The second kappa shape index (κ2) is 8.57. The molecule has 20 heavy (non-hydrogen) atoms. The SMILES string of the molecule is CCCN(CCN(C)C)C(CN)c1ccc(Cl)cc1F. The molecule has 0 spiro atoms. The highest BCUT2D eigenvalue weighted by Gasteiger charge is 2.21. The molecule has 1 aromatic carbocycles. The van der Waals surface area contributed by atoms with Crippen LogP contribution in [0.15, 0.2) is 18.2 Å². The molecule has 1 atom stereocenters. The van der Waals surface area contributed by atoms with Gasteiger partial charge in [-0.25, -0.2) is 4.39 Å². The van der Waals surface area contributed by atoms with E-state index in [-0.39, 0.29) is 11.9 Å². The van der Waals surface area contributed by atoms with E-state index in [1.54, 1.807) is 12.1 Å². The molecule has 0 aliphatic carbocycles. The van der Waals surface area contributed by atoms with Crippen LogP contribution in [0.4, 0.5) is 4.39 Å². The molecule has 0 amide bonds. The van der Waals surface area contributed by atoms with Crippen LogP contribution in [0.1, 0.15) is 24.9 Å². The third kappa shape index (κ3) is 5.02. The van der Waals surface area contributed by atoms with Crippen molar-refractivity contribution in [1.29, 1.82) is 0 Å². The number of halogens is 2. The van der Waals surface area contributed by atoms with Gasteiger partial charge in [0, 0.05) is 36.3 Å². The average Bonchev–Trinajstić information content (AvgIpc) is 2.38. The van der Waals surface area contributed by atoms with Crippen molar-refractivity contribution in [2.24, 2.45) is 5.73 Å². The number of nitrogens with zero attached hydrogens (tertiary/aromatic N) is 2. The normalized spacial score (nSPS) is 13.2. The van der Waals surface area contributed by atoms with Crippen LogP contribution >= 0.6 is 11.6 Å². The average molecular weight is 302 g/mol. The fraction of sp³-hybridized carbons (Fsp3) is 0.600. The summed E-state index contributed by atoms with van der Waals surface area (Å²) >= 11 is 5.82. The van der Waals surface area contributed by atoms with Crippen LogP contribution in [-0.4, -0.2) is 50.1 Å². The largest absolute Gasteiger partial charge is 0.329 e. The van der Waals surface area contributed by atoms with E-state index in [9.17, 15) is 4.39 Å². The van der Waals surface area contributed by atoms with Gasteiger partial charge in [0.1, 0.15) is 5.82 Å². The summed E-state index contributed by atoms with van der Waals surface area (Å²) in [5, 5.41) is 0.414. The molecule has 0 aliphatic heterocycles.